The highest BCUT2D eigenvalue weighted by molar-refractivity contribution is 7.94. The Hall–Kier alpha value is -5.16. The summed E-state index contributed by atoms with van der Waals surface area (Å²) in [4.78, 5) is 41.6. The van der Waals surface area contributed by atoms with Crippen LogP contribution in [-0.2, 0) is 54.8 Å². The summed E-state index contributed by atoms with van der Waals surface area (Å²) in [5.74, 6) is -1.37. The Bertz CT molecular complexity index is 3090. The third kappa shape index (κ3) is 11.9. The van der Waals surface area contributed by atoms with Gasteiger partial charge in [-0.3, -0.25) is 28.4 Å². The van der Waals surface area contributed by atoms with E-state index in [2.05, 4.69) is 56.2 Å². The Balaban J connectivity index is 1.20. The van der Waals surface area contributed by atoms with Crippen LogP contribution in [0.5, 0.6) is 0 Å². The Morgan fingerprint density at radius 1 is 0.889 bits per heavy atom. The van der Waals surface area contributed by atoms with E-state index in [9.17, 15) is 40.3 Å². The number of halogens is 1. The number of hydrogen-bond donors (Lipinski definition) is 4. The molecule has 0 unspecified atom stereocenters. The maximum atomic E-state index is 12.8. The van der Waals surface area contributed by atoms with Gasteiger partial charge in [0.25, 0.3) is 32.1 Å². The zero-order valence-corrected chi connectivity index (χ0v) is 44.3. The van der Waals surface area contributed by atoms with Gasteiger partial charge >= 0.3 is 0 Å². The molecule has 0 saturated heterocycles. The summed E-state index contributed by atoms with van der Waals surface area (Å²) in [6.45, 7) is 9.48. The third-order valence-electron chi connectivity index (χ3n) is 13.7. The molecule has 3 aliphatic heterocycles. The summed E-state index contributed by atoms with van der Waals surface area (Å²) in [5.41, 5.74) is 7.19. The number of rotatable bonds is 21. The van der Waals surface area contributed by atoms with Gasteiger partial charge in [-0.05, 0) is 117 Å². The molecule has 17 nitrogen and oxygen atoms in total. The molecule has 0 saturated carbocycles. The molecule has 0 radical (unpaired) electrons. The zero-order valence-electron chi connectivity index (χ0n) is 41.1. The van der Waals surface area contributed by atoms with Gasteiger partial charge in [0.15, 0.2) is 5.71 Å². The first-order valence-electron chi connectivity index (χ1n) is 23.7. The van der Waals surface area contributed by atoms with Crippen molar-refractivity contribution in [2.75, 3.05) is 55.8 Å². The smallest absolute Gasteiger partial charge is 0.295 e. The number of imide groups is 1. The Morgan fingerprint density at radius 2 is 1.62 bits per heavy atom. The molecule has 0 spiro atoms. The lowest BCUT2D eigenvalue weighted by Crippen LogP contribution is -2.38. The van der Waals surface area contributed by atoms with Crippen LogP contribution in [0.25, 0.3) is 10.8 Å². The number of allylic oxidation sites excluding steroid dienone is 8. The average molecular weight is 1070 g/mol. The summed E-state index contributed by atoms with van der Waals surface area (Å²) in [6, 6.07) is 12.7. The van der Waals surface area contributed by atoms with Gasteiger partial charge in [0.1, 0.15) is 11.4 Å². The summed E-state index contributed by atoms with van der Waals surface area (Å²) in [6.07, 6.45) is 15.2. The topological polar surface area (TPSA) is 223 Å². The largest absolute Gasteiger partial charge is 0.378 e. The van der Waals surface area contributed by atoms with Crippen molar-refractivity contribution in [1.29, 1.82) is 0 Å². The zero-order chi connectivity index (χ0) is 52.3. The van der Waals surface area contributed by atoms with E-state index in [0.717, 1.165) is 68.5 Å². The number of benzene rings is 3. The number of carbonyl (C=O) groups excluding carboxylic acids is 3. The van der Waals surface area contributed by atoms with Crippen molar-refractivity contribution < 1.29 is 59.5 Å². The molecule has 0 aromatic heterocycles. The Morgan fingerprint density at radius 3 is 2.31 bits per heavy atom. The highest BCUT2D eigenvalue weighted by Crippen LogP contribution is 2.50. The molecule has 0 fully saturated rings. The fraction of sp³-hybridized carbons (Fsp3) is 0.412. The first kappa shape index (κ1) is 54.6. The second-order valence-corrected chi connectivity index (χ2v) is 23.6. The van der Waals surface area contributed by atoms with Crippen LogP contribution in [0.15, 0.2) is 111 Å². The van der Waals surface area contributed by atoms with Crippen molar-refractivity contribution in [3.63, 3.8) is 0 Å². The molecular weight excluding hydrogens is 1010 g/mol. The number of carbonyl (C=O) groups is 3. The monoisotopic (exact) mass is 1070 g/mol. The first-order chi connectivity index (χ1) is 33.9. The van der Waals surface area contributed by atoms with E-state index in [-0.39, 0.29) is 52.8 Å². The standard InChI is InChI=1S/C51H60ClN5O12S3/c1-50(2)39-30-35(54(5)6)17-19-40(39)55(27-11-29-71(62,63)64)43(50)21-15-33-12-10-13-34(49(33)52)16-22-44-51(3,4)48-38-31-36(70-69-68-61)32-42(72(65,66)67)37(38)18-20-41(48)56(44)26-9-7-8-14-45(58)53-25-28-57-46(59)23-24-47(57)60/h15-24,30-32H,7-14,25-29H2,1-6H3,(H3-,53,58,61,62,63,64,65,66,67)/p+1. The molecule has 7 rings (SSSR count). The van der Waals surface area contributed by atoms with E-state index in [1.807, 2.05) is 63.2 Å². The maximum Gasteiger partial charge on any atom is 0.295 e. The van der Waals surface area contributed by atoms with Crippen molar-refractivity contribution in [3.8, 4) is 0 Å². The number of anilines is 2. The molecule has 0 atom stereocenters. The van der Waals surface area contributed by atoms with Gasteiger partial charge < -0.3 is 15.1 Å². The lowest BCUT2D eigenvalue weighted by Gasteiger charge is -2.27. The SMILES string of the molecule is CN(C)c1ccc2c(c1)C(C)(C)C(=CC=C1CCCC(C=CC3=[N+](CCCCCC(=O)NCCN4C(=O)C=CC4=O)c4ccc5c(S(=O)(=O)O)cc(SOOO)cc5c4C3(C)C)=C1Cl)N2CCCS(=O)(=O)O. The van der Waals surface area contributed by atoms with Crippen molar-refractivity contribution >= 4 is 95.1 Å². The lowest BCUT2D eigenvalue weighted by molar-refractivity contribution is -0.438. The summed E-state index contributed by atoms with van der Waals surface area (Å²) < 4.78 is 75.9. The van der Waals surface area contributed by atoms with Crippen LogP contribution in [0.2, 0.25) is 0 Å². The molecule has 72 heavy (non-hydrogen) atoms. The predicted molar refractivity (Wildman–Crippen MR) is 279 cm³/mol. The maximum absolute atomic E-state index is 12.8. The van der Waals surface area contributed by atoms with Crippen LogP contribution in [-0.4, -0.2) is 110 Å². The van der Waals surface area contributed by atoms with E-state index >= 15 is 0 Å². The number of nitrogens with one attached hydrogen (secondary N) is 1. The van der Waals surface area contributed by atoms with E-state index < -0.39 is 42.9 Å². The molecule has 3 amide bonds. The minimum absolute atomic E-state index is 0.0850. The molecule has 4 N–H and O–H groups in total. The van der Waals surface area contributed by atoms with E-state index in [1.54, 1.807) is 12.1 Å². The van der Waals surface area contributed by atoms with Crippen LogP contribution in [0.4, 0.5) is 17.1 Å². The number of amides is 3. The van der Waals surface area contributed by atoms with Crippen LogP contribution in [0.1, 0.15) is 90.2 Å². The van der Waals surface area contributed by atoms with Gasteiger partial charge in [-0.1, -0.05) is 42.6 Å². The second-order valence-electron chi connectivity index (χ2n) is 19.4. The van der Waals surface area contributed by atoms with Crippen molar-refractivity contribution in [2.24, 2.45) is 0 Å². The lowest BCUT2D eigenvalue weighted by atomic mass is 9.78. The number of unbranched alkanes of at least 4 members (excludes halogenated alkanes) is 2. The minimum Gasteiger partial charge on any atom is -0.378 e. The second kappa shape index (κ2) is 22.1. The third-order valence-corrected chi connectivity index (χ3v) is 16.4. The van der Waals surface area contributed by atoms with Crippen molar-refractivity contribution in [1.82, 2.24) is 10.2 Å². The first-order valence-corrected chi connectivity index (χ1v) is 27.8. The van der Waals surface area contributed by atoms with Gasteiger partial charge in [0.2, 0.25) is 11.6 Å². The molecule has 21 heteroatoms. The molecule has 4 aliphatic rings. The van der Waals surface area contributed by atoms with E-state index in [0.29, 0.717) is 61.2 Å². The van der Waals surface area contributed by atoms with E-state index in [1.165, 1.54) is 18.2 Å². The molecule has 0 bridgehead atoms. The fourth-order valence-electron chi connectivity index (χ4n) is 10.1. The summed E-state index contributed by atoms with van der Waals surface area (Å²) in [7, 11) is -4.92. The van der Waals surface area contributed by atoms with E-state index in [4.69, 9.17) is 16.9 Å². The highest BCUT2D eigenvalue weighted by Gasteiger charge is 2.46. The fourth-order valence-corrected chi connectivity index (χ4v) is 12.2. The van der Waals surface area contributed by atoms with Crippen LogP contribution < -0.4 is 15.1 Å². The summed E-state index contributed by atoms with van der Waals surface area (Å²) >= 11 is 7.90. The van der Waals surface area contributed by atoms with Gasteiger partial charge in [0, 0.05) is 114 Å². The van der Waals surface area contributed by atoms with Crippen molar-refractivity contribution in [2.45, 2.75) is 99.7 Å². The van der Waals surface area contributed by atoms with Crippen molar-refractivity contribution in [3.05, 3.63) is 112 Å². The Labute approximate surface area is 430 Å². The molecule has 3 heterocycles. The number of hydrogen-bond acceptors (Lipinski definition) is 13. The average Bonchev–Trinajstić information content (AvgIpc) is 3.83. The van der Waals surface area contributed by atoms with Crippen LogP contribution in [0, 0.1) is 0 Å². The quantitative estimate of drug-likeness (QED) is 0.0149. The molecule has 1 aliphatic carbocycles. The predicted octanol–water partition coefficient (Wildman–Crippen LogP) is 8.68. The summed E-state index contributed by atoms with van der Waals surface area (Å²) in [5, 5.41) is 16.9. The van der Waals surface area contributed by atoms with Gasteiger partial charge in [0.05, 0.1) is 23.2 Å². The highest BCUT2D eigenvalue weighted by atomic mass is 35.5. The van der Waals surface area contributed by atoms with Crippen LogP contribution >= 0.6 is 23.6 Å². The normalized spacial score (nSPS) is 18.8. The molecule has 3 aromatic rings. The molecular formula is C51H61ClN5O12S3+. The molecule has 386 valence electrons. The van der Waals surface area contributed by atoms with Gasteiger partial charge in [-0.25, -0.2) is 5.26 Å². The number of fused-ring (bicyclic) bond motifs is 4. The molecule has 3 aromatic carbocycles. The van der Waals surface area contributed by atoms with Gasteiger partial charge in [-0.2, -0.15) is 21.4 Å². The Kier molecular flexibility index (Phi) is 16.8. The number of nitrogens with zero attached hydrogens (tertiary/aromatic N) is 4. The minimum atomic E-state index is -4.73. The van der Waals surface area contributed by atoms with Gasteiger partial charge in [-0.15, -0.1) is 4.33 Å². The van der Waals surface area contributed by atoms with Crippen LogP contribution in [0.3, 0.4) is 0 Å².